The number of rotatable bonds is 2. The largest absolute Gasteiger partial charge is 0.395 e. The maximum atomic E-state index is 12.9. The van der Waals surface area contributed by atoms with Crippen LogP contribution in [0.25, 0.3) is 0 Å². The van der Waals surface area contributed by atoms with E-state index in [4.69, 9.17) is 0 Å². The molecule has 1 fully saturated rings. The Balaban J connectivity index is 1.81. The van der Waals surface area contributed by atoms with Gasteiger partial charge in [0.25, 0.3) is 5.91 Å². The topological polar surface area (TPSA) is 70.7 Å². The van der Waals surface area contributed by atoms with Gasteiger partial charge in [-0.25, -0.2) is 0 Å². The Morgan fingerprint density at radius 1 is 1.35 bits per heavy atom. The Labute approximate surface area is 117 Å². The van der Waals surface area contributed by atoms with Crippen molar-refractivity contribution in [2.45, 2.75) is 37.8 Å². The average molecular weight is 274 g/mol. The molecule has 3 heterocycles. The molecule has 4 rings (SSSR count). The Bertz CT molecular complexity index is 601. The molecule has 1 saturated carbocycles. The van der Waals surface area contributed by atoms with Crippen molar-refractivity contribution in [3.8, 4) is 0 Å². The van der Waals surface area contributed by atoms with E-state index in [2.05, 4.69) is 10.1 Å². The number of aliphatic hydroxyl groups excluding tert-OH is 1. The number of hydrogen-bond acceptors (Lipinski definition) is 4. The number of β-amino-alcohol motifs (C(OH)–C–C–N with tert-alkyl or cyclic N) is 1. The molecule has 0 saturated heterocycles. The summed E-state index contributed by atoms with van der Waals surface area (Å²) in [5.41, 5.74) is 2.51. The van der Waals surface area contributed by atoms with Crippen molar-refractivity contribution in [3.05, 3.63) is 17.0 Å². The molecule has 0 atom stereocenters. The van der Waals surface area contributed by atoms with Gasteiger partial charge in [0.1, 0.15) is 5.69 Å². The molecule has 106 valence electrons. The molecule has 1 aliphatic carbocycles. The third kappa shape index (κ3) is 1.57. The first-order valence-electron chi connectivity index (χ1n) is 7.27. The van der Waals surface area contributed by atoms with E-state index in [0.717, 1.165) is 50.0 Å². The molecule has 1 N–H and O–H groups in total. The minimum atomic E-state index is -0.0286. The third-order valence-electron chi connectivity index (χ3n) is 4.72. The molecule has 0 radical (unpaired) electrons. The van der Waals surface area contributed by atoms with Crippen molar-refractivity contribution in [3.63, 3.8) is 0 Å². The van der Waals surface area contributed by atoms with Crippen molar-refractivity contribution in [1.29, 1.82) is 0 Å². The summed E-state index contributed by atoms with van der Waals surface area (Å²) in [5, 5.41) is 13.9. The van der Waals surface area contributed by atoms with Crippen LogP contribution in [0.5, 0.6) is 0 Å². The van der Waals surface area contributed by atoms with Gasteiger partial charge >= 0.3 is 0 Å². The van der Waals surface area contributed by atoms with Crippen LogP contribution in [-0.2, 0) is 13.0 Å². The summed E-state index contributed by atoms with van der Waals surface area (Å²) in [7, 11) is 0. The first kappa shape index (κ1) is 12.1. The van der Waals surface area contributed by atoms with E-state index in [-0.39, 0.29) is 18.1 Å². The maximum Gasteiger partial charge on any atom is 0.273 e. The van der Waals surface area contributed by atoms with E-state index in [0.29, 0.717) is 12.2 Å². The minimum absolute atomic E-state index is 0.0103. The number of aliphatic imine (C=N–C) groups is 1. The molecule has 1 aromatic heterocycles. The molecule has 6 heteroatoms. The van der Waals surface area contributed by atoms with Crippen LogP contribution in [0.2, 0.25) is 0 Å². The van der Waals surface area contributed by atoms with Crippen molar-refractivity contribution < 1.29 is 9.90 Å². The summed E-state index contributed by atoms with van der Waals surface area (Å²) in [6.07, 6.45) is 5.62. The van der Waals surface area contributed by atoms with Crippen molar-refractivity contribution in [1.82, 2.24) is 14.7 Å². The number of aryl methyl sites for hydroxylation is 1. The SMILES string of the molecule is O=C1c2c3c(nn2CCC2(CC2)N1CCO)CCN=C3. The van der Waals surface area contributed by atoms with Gasteiger partial charge in [-0.1, -0.05) is 0 Å². The lowest BCUT2D eigenvalue weighted by atomic mass is 10.1. The second kappa shape index (κ2) is 4.15. The first-order chi connectivity index (χ1) is 9.75. The Hall–Kier alpha value is -1.69. The molecule has 1 spiro atoms. The van der Waals surface area contributed by atoms with Crippen LogP contribution in [-0.4, -0.2) is 57.1 Å². The first-order valence-corrected chi connectivity index (χ1v) is 7.27. The molecule has 0 unspecified atom stereocenters. The molecule has 0 bridgehead atoms. The number of fused-ring (bicyclic) bond motifs is 3. The third-order valence-corrected chi connectivity index (χ3v) is 4.72. The normalized spacial score (nSPS) is 22.6. The van der Waals surface area contributed by atoms with E-state index in [1.807, 2.05) is 9.58 Å². The van der Waals surface area contributed by atoms with E-state index in [1.54, 1.807) is 6.21 Å². The van der Waals surface area contributed by atoms with Crippen LogP contribution in [0.4, 0.5) is 0 Å². The lowest BCUT2D eigenvalue weighted by Gasteiger charge is -2.29. The van der Waals surface area contributed by atoms with Gasteiger partial charge in [0.2, 0.25) is 0 Å². The summed E-state index contributed by atoms with van der Waals surface area (Å²) < 4.78 is 1.86. The fraction of sp³-hybridized carbons (Fsp3) is 0.643. The van der Waals surface area contributed by atoms with Gasteiger partial charge in [-0.05, 0) is 19.3 Å². The van der Waals surface area contributed by atoms with Crippen molar-refractivity contribution in [2.75, 3.05) is 19.7 Å². The highest BCUT2D eigenvalue weighted by Gasteiger charge is 2.52. The molecule has 2 aliphatic heterocycles. The molecule has 6 nitrogen and oxygen atoms in total. The van der Waals surface area contributed by atoms with Crippen LogP contribution < -0.4 is 0 Å². The van der Waals surface area contributed by atoms with Gasteiger partial charge in [-0.15, -0.1) is 0 Å². The van der Waals surface area contributed by atoms with Crippen molar-refractivity contribution >= 4 is 12.1 Å². The minimum Gasteiger partial charge on any atom is -0.395 e. The number of nitrogens with zero attached hydrogens (tertiary/aromatic N) is 4. The standard InChI is InChI=1S/C14H18N4O2/c19-8-7-17-13(20)12-10-9-15-5-1-11(10)16-18(12)6-4-14(17)2-3-14/h9,19H,1-8H2. The highest BCUT2D eigenvalue weighted by molar-refractivity contribution is 6.02. The molecule has 1 amide bonds. The number of carbonyl (C=O) groups excluding carboxylic acids is 1. The summed E-state index contributed by atoms with van der Waals surface area (Å²) in [6, 6.07) is 0. The fourth-order valence-electron chi connectivity index (χ4n) is 3.45. The van der Waals surface area contributed by atoms with Crippen LogP contribution >= 0.6 is 0 Å². The summed E-state index contributed by atoms with van der Waals surface area (Å²) in [5.74, 6) is 0.0103. The smallest absolute Gasteiger partial charge is 0.273 e. The highest BCUT2D eigenvalue weighted by Crippen LogP contribution is 2.47. The quantitative estimate of drug-likeness (QED) is 0.839. The van der Waals surface area contributed by atoms with Crippen molar-refractivity contribution in [2.24, 2.45) is 4.99 Å². The predicted molar refractivity (Wildman–Crippen MR) is 73.1 cm³/mol. The van der Waals surface area contributed by atoms with Crippen LogP contribution in [0, 0.1) is 0 Å². The molecule has 3 aliphatic rings. The second-order valence-electron chi connectivity index (χ2n) is 5.87. The Kier molecular flexibility index (Phi) is 2.51. The number of aromatic nitrogens is 2. The number of hydrogen-bond donors (Lipinski definition) is 1. The van der Waals surface area contributed by atoms with E-state index in [1.165, 1.54) is 0 Å². The molecule has 1 aromatic rings. The predicted octanol–water partition coefficient (Wildman–Crippen LogP) is 0.229. The number of amides is 1. The number of aliphatic hydroxyl groups is 1. The summed E-state index contributed by atoms with van der Waals surface area (Å²) in [6.45, 7) is 1.96. The van der Waals surface area contributed by atoms with Crippen LogP contribution in [0.3, 0.4) is 0 Å². The van der Waals surface area contributed by atoms with Crippen LogP contribution in [0.15, 0.2) is 4.99 Å². The molecular formula is C14H18N4O2. The maximum absolute atomic E-state index is 12.9. The summed E-state index contributed by atoms with van der Waals surface area (Å²) in [4.78, 5) is 19.1. The molecule has 0 aromatic carbocycles. The van der Waals surface area contributed by atoms with Gasteiger partial charge in [0, 0.05) is 43.4 Å². The van der Waals surface area contributed by atoms with E-state index < -0.39 is 0 Å². The summed E-state index contributed by atoms with van der Waals surface area (Å²) >= 11 is 0. The lowest BCUT2D eigenvalue weighted by Crippen LogP contribution is -2.43. The number of carbonyl (C=O) groups is 1. The zero-order valence-corrected chi connectivity index (χ0v) is 11.4. The molecular weight excluding hydrogens is 256 g/mol. The highest BCUT2D eigenvalue weighted by atomic mass is 16.3. The van der Waals surface area contributed by atoms with E-state index >= 15 is 0 Å². The zero-order valence-electron chi connectivity index (χ0n) is 11.4. The Morgan fingerprint density at radius 2 is 2.20 bits per heavy atom. The average Bonchev–Trinajstić information content (AvgIpc) is 3.16. The van der Waals surface area contributed by atoms with Gasteiger partial charge in [0.05, 0.1) is 12.3 Å². The van der Waals surface area contributed by atoms with Gasteiger partial charge in [-0.2, -0.15) is 5.10 Å². The van der Waals surface area contributed by atoms with Crippen LogP contribution in [0.1, 0.15) is 41.0 Å². The van der Waals surface area contributed by atoms with E-state index in [9.17, 15) is 9.90 Å². The van der Waals surface area contributed by atoms with Gasteiger partial charge in [-0.3, -0.25) is 14.5 Å². The zero-order chi connectivity index (χ0) is 13.7. The van der Waals surface area contributed by atoms with Gasteiger partial charge < -0.3 is 10.0 Å². The monoisotopic (exact) mass is 274 g/mol. The van der Waals surface area contributed by atoms with Gasteiger partial charge in [0.15, 0.2) is 0 Å². The fourth-order valence-corrected chi connectivity index (χ4v) is 3.45. The second-order valence-corrected chi connectivity index (χ2v) is 5.87. The lowest BCUT2D eigenvalue weighted by molar-refractivity contribution is 0.0601. The Morgan fingerprint density at radius 3 is 2.95 bits per heavy atom. The molecule has 20 heavy (non-hydrogen) atoms.